The SMILES string of the molecule is CCCCCCCCCCCCCCCCOc1cc(O)c(N)cc1C(C)(C)c1ccccc1.Cl. The van der Waals surface area contributed by atoms with Crippen molar-refractivity contribution in [1.29, 1.82) is 0 Å². The molecule has 2 rings (SSSR count). The fourth-order valence-electron chi connectivity index (χ4n) is 4.68. The molecule has 0 bridgehead atoms. The molecular formula is C31H50ClNO2. The van der Waals surface area contributed by atoms with Crippen LogP contribution >= 0.6 is 12.4 Å². The topological polar surface area (TPSA) is 55.5 Å². The third kappa shape index (κ3) is 11.2. The minimum absolute atomic E-state index is 0. The van der Waals surface area contributed by atoms with Gasteiger partial charge in [-0.3, -0.25) is 0 Å². The Hall–Kier alpha value is -1.87. The summed E-state index contributed by atoms with van der Waals surface area (Å²) in [5.41, 5.74) is 8.38. The van der Waals surface area contributed by atoms with E-state index in [-0.39, 0.29) is 23.6 Å². The number of ether oxygens (including phenoxy) is 1. The van der Waals surface area contributed by atoms with E-state index in [1.807, 2.05) is 12.1 Å². The van der Waals surface area contributed by atoms with Crippen LogP contribution in [-0.4, -0.2) is 11.7 Å². The molecule has 0 unspecified atom stereocenters. The molecule has 3 N–H and O–H groups in total. The van der Waals surface area contributed by atoms with Crippen LogP contribution in [-0.2, 0) is 5.41 Å². The molecule has 35 heavy (non-hydrogen) atoms. The van der Waals surface area contributed by atoms with Gasteiger partial charge in [0.15, 0.2) is 0 Å². The fourth-order valence-corrected chi connectivity index (χ4v) is 4.68. The van der Waals surface area contributed by atoms with Crippen molar-refractivity contribution in [2.24, 2.45) is 0 Å². The highest BCUT2D eigenvalue weighted by Gasteiger charge is 2.28. The van der Waals surface area contributed by atoms with Crippen molar-refractivity contribution in [2.45, 2.75) is 116 Å². The van der Waals surface area contributed by atoms with Crippen LogP contribution in [0, 0.1) is 0 Å². The molecular weight excluding hydrogens is 454 g/mol. The molecule has 0 saturated heterocycles. The van der Waals surface area contributed by atoms with Crippen molar-refractivity contribution >= 4 is 18.1 Å². The van der Waals surface area contributed by atoms with Gasteiger partial charge in [0.05, 0.1) is 12.3 Å². The van der Waals surface area contributed by atoms with Gasteiger partial charge in [-0.25, -0.2) is 0 Å². The molecule has 0 radical (unpaired) electrons. The minimum atomic E-state index is -0.270. The second-order valence-electron chi connectivity index (χ2n) is 10.3. The lowest BCUT2D eigenvalue weighted by Gasteiger charge is -2.29. The van der Waals surface area contributed by atoms with Gasteiger partial charge in [-0.2, -0.15) is 0 Å². The Kier molecular flexibility index (Phi) is 15.6. The van der Waals surface area contributed by atoms with Gasteiger partial charge in [0.1, 0.15) is 11.5 Å². The van der Waals surface area contributed by atoms with Gasteiger partial charge in [-0.05, 0) is 18.1 Å². The molecule has 198 valence electrons. The summed E-state index contributed by atoms with van der Waals surface area (Å²) >= 11 is 0. The summed E-state index contributed by atoms with van der Waals surface area (Å²) in [5.74, 6) is 0.818. The van der Waals surface area contributed by atoms with Crippen LogP contribution in [0.25, 0.3) is 0 Å². The predicted octanol–water partition coefficient (Wildman–Crippen LogP) is 9.58. The summed E-state index contributed by atoms with van der Waals surface area (Å²) in [7, 11) is 0. The van der Waals surface area contributed by atoms with E-state index in [0.717, 1.165) is 17.7 Å². The van der Waals surface area contributed by atoms with Crippen molar-refractivity contribution in [1.82, 2.24) is 0 Å². The summed E-state index contributed by atoms with van der Waals surface area (Å²) in [4.78, 5) is 0. The van der Waals surface area contributed by atoms with Crippen molar-refractivity contribution < 1.29 is 9.84 Å². The van der Waals surface area contributed by atoms with Crippen LogP contribution in [0.1, 0.15) is 122 Å². The first-order valence-electron chi connectivity index (χ1n) is 13.8. The lowest BCUT2D eigenvalue weighted by atomic mass is 9.77. The first-order chi connectivity index (χ1) is 16.5. The third-order valence-electron chi connectivity index (χ3n) is 7.05. The zero-order chi connectivity index (χ0) is 24.7. The average Bonchev–Trinajstić information content (AvgIpc) is 2.84. The smallest absolute Gasteiger partial charge is 0.142 e. The lowest BCUT2D eigenvalue weighted by molar-refractivity contribution is 0.296. The maximum Gasteiger partial charge on any atom is 0.142 e. The van der Waals surface area contributed by atoms with Gasteiger partial charge in [-0.15, -0.1) is 12.4 Å². The zero-order valence-corrected chi connectivity index (χ0v) is 23.3. The standard InChI is InChI=1S/C31H49NO2.ClH/c1-4-5-6-7-8-9-10-11-12-13-14-15-16-20-23-34-30-25-29(33)28(32)24-27(30)31(2,3)26-21-18-17-19-22-26;/h17-19,21-22,24-25,33H,4-16,20,23,32H2,1-3H3;1H. The van der Waals surface area contributed by atoms with Crippen molar-refractivity contribution in [3.05, 3.63) is 53.6 Å². The Balaban J connectivity index is 0.00000612. The van der Waals surface area contributed by atoms with Crippen molar-refractivity contribution in [3.63, 3.8) is 0 Å². The predicted molar refractivity (Wildman–Crippen MR) is 154 cm³/mol. The number of phenolic OH excluding ortho intramolecular Hbond substituents is 1. The number of phenols is 1. The molecule has 0 aliphatic heterocycles. The first-order valence-corrected chi connectivity index (χ1v) is 13.8. The monoisotopic (exact) mass is 503 g/mol. The number of anilines is 1. The van der Waals surface area contributed by atoms with Crippen LogP contribution in [0.5, 0.6) is 11.5 Å². The lowest BCUT2D eigenvalue weighted by Crippen LogP contribution is -2.20. The quantitative estimate of drug-likeness (QED) is 0.121. The van der Waals surface area contributed by atoms with Gasteiger partial charge in [0, 0.05) is 17.0 Å². The fraction of sp³-hybridized carbons (Fsp3) is 0.613. The molecule has 0 atom stereocenters. The Morgan fingerprint density at radius 1 is 0.743 bits per heavy atom. The summed E-state index contributed by atoms with van der Waals surface area (Å²) < 4.78 is 6.17. The molecule has 0 aliphatic rings. The minimum Gasteiger partial charge on any atom is -0.506 e. The van der Waals surface area contributed by atoms with Crippen molar-refractivity contribution in [2.75, 3.05) is 12.3 Å². The molecule has 0 aromatic heterocycles. The Bertz CT molecular complexity index is 807. The van der Waals surface area contributed by atoms with Crippen LogP contribution < -0.4 is 10.5 Å². The Morgan fingerprint density at radius 3 is 1.74 bits per heavy atom. The zero-order valence-electron chi connectivity index (χ0n) is 22.5. The maximum absolute atomic E-state index is 10.2. The number of halogens is 1. The van der Waals surface area contributed by atoms with E-state index < -0.39 is 0 Å². The summed E-state index contributed by atoms with van der Waals surface area (Å²) in [6.07, 6.45) is 18.8. The molecule has 0 spiro atoms. The van der Waals surface area contributed by atoms with Crippen molar-refractivity contribution in [3.8, 4) is 11.5 Å². The van der Waals surface area contributed by atoms with E-state index in [1.165, 1.54) is 89.0 Å². The van der Waals surface area contributed by atoms with E-state index in [1.54, 1.807) is 6.07 Å². The number of aromatic hydroxyl groups is 1. The highest BCUT2D eigenvalue weighted by Crippen LogP contribution is 2.41. The molecule has 0 aliphatic carbocycles. The number of benzene rings is 2. The van der Waals surface area contributed by atoms with Crippen LogP contribution in [0.4, 0.5) is 5.69 Å². The molecule has 2 aromatic rings. The van der Waals surface area contributed by atoms with Gasteiger partial charge >= 0.3 is 0 Å². The van der Waals surface area contributed by atoms with Crippen LogP contribution in [0.3, 0.4) is 0 Å². The second kappa shape index (κ2) is 17.5. The number of nitrogen functional groups attached to an aromatic ring is 1. The van der Waals surface area contributed by atoms with Crippen LogP contribution in [0.15, 0.2) is 42.5 Å². The maximum atomic E-state index is 10.2. The molecule has 0 heterocycles. The molecule has 2 aromatic carbocycles. The number of nitrogens with two attached hydrogens (primary N) is 1. The Labute approximate surface area is 221 Å². The molecule has 0 fully saturated rings. The summed E-state index contributed by atoms with van der Waals surface area (Å²) in [6, 6.07) is 13.9. The van der Waals surface area contributed by atoms with Gasteiger partial charge < -0.3 is 15.6 Å². The van der Waals surface area contributed by atoms with Gasteiger partial charge in [0.2, 0.25) is 0 Å². The van der Waals surface area contributed by atoms with E-state index in [9.17, 15) is 5.11 Å². The number of rotatable bonds is 18. The van der Waals surface area contributed by atoms with E-state index >= 15 is 0 Å². The highest BCUT2D eigenvalue weighted by atomic mass is 35.5. The van der Waals surface area contributed by atoms with E-state index in [0.29, 0.717) is 12.3 Å². The summed E-state index contributed by atoms with van der Waals surface area (Å²) in [5, 5.41) is 10.2. The van der Waals surface area contributed by atoms with E-state index in [2.05, 4.69) is 45.0 Å². The molecule has 4 heteroatoms. The first kappa shape index (κ1) is 31.2. The number of hydrogen-bond acceptors (Lipinski definition) is 3. The Morgan fingerprint density at radius 2 is 1.23 bits per heavy atom. The normalized spacial score (nSPS) is 11.3. The highest BCUT2D eigenvalue weighted by molar-refractivity contribution is 5.85. The van der Waals surface area contributed by atoms with E-state index in [4.69, 9.17) is 10.5 Å². The molecule has 0 saturated carbocycles. The molecule has 0 amide bonds. The van der Waals surface area contributed by atoms with Gasteiger partial charge in [-0.1, -0.05) is 135 Å². The number of hydrogen-bond donors (Lipinski definition) is 2. The average molecular weight is 504 g/mol. The summed E-state index contributed by atoms with van der Waals surface area (Å²) in [6.45, 7) is 7.29. The third-order valence-corrected chi connectivity index (χ3v) is 7.05. The largest absolute Gasteiger partial charge is 0.506 e. The van der Waals surface area contributed by atoms with Crippen LogP contribution in [0.2, 0.25) is 0 Å². The molecule has 3 nitrogen and oxygen atoms in total. The van der Waals surface area contributed by atoms with Gasteiger partial charge in [0.25, 0.3) is 0 Å². The number of unbranched alkanes of at least 4 members (excludes halogenated alkanes) is 13. The second-order valence-corrected chi connectivity index (χ2v) is 10.3.